The van der Waals surface area contributed by atoms with Crippen molar-refractivity contribution >= 4 is 0 Å². The summed E-state index contributed by atoms with van der Waals surface area (Å²) in [6, 6.07) is 1.86. The summed E-state index contributed by atoms with van der Waals surface area (Å²) in [5, 5.41) is 12.2. The minimum absolute atomic E-state index is 0.343. The summed E-state index contributed by atoms with van der Waals surface area (Å²) >= 11 is 0. The smallest absolute Gasteiger partial charge is 0.257 e. The topological polar surface area (TPSA) is 41.6 Å². The normalized spacial score (nSPS) is 10.2. The van der Waals surface area contributed by atoms with Crippen LogP contribution in [-0.2, 0) is 6.54 Å². The number of rotatable bonds is 2. The molecule has 1 heterocycles. The largest absolute Gasteiger partial charge is 0.265 e. The molecule has 0 aliphatic rings. The Morgan fingerprint density at radius 2 is 2.42 bits per heavy atom. The van der Waals surface area contributed by atoms with Crippen molar-refractivity contribution in [3.8, 4) is 6.07 Å². The van der Waals surface area contributed by atoms with Gasteiger partial charge in [0.1, 0.15) is 12.6 Å². The highest BCUT2D eigenvalue weighted by Gasteiger charge is 2.07. The van der Waals surface area contributed by atoms with Crippen LogP contribution in [0.5, 0.6) is 0 Å². The molecular formula is C7H7F2N3. The Morgan fingerprint density at radius 3 is 2.83 bits per heavy atom. The fourth-order valence-electron chi connectivity index (χ4n) is 0.863. The molecular weight excluding hydrogens is 164 g/mol. The van der Waals surface area contributed by atoms with Crippen LogP contribution in [0.2, 0.25) is 0 Å². The Kier molecular flexibility index (Phi) is 2.38. The maximum Gasteiger partial charge on any atom is 0.257 e. The van der Waals surface area contributed by atoms with Gasteiger partial charge in [-0.1, -0.05) is 0 Å². The van der Waals surface area contributed by atoms with Crippen molar-refractivity contribution in [1.29, 1.82) is 5.26 Å². The molecule has 0 bridgehead atoms. The predicted molar refractivity (Wildman–Crippen MR) is 37.7 cm³/mol. The van der Waals surface area contributed by atoms with Crippen LogP contribution in [0.25, 0.3) is 0 Å². The van der Waals surface area contributed by atoms with E-state index in [4.69, 9.17) is 5.26 Å². The van der Waals surface area contributed by atoms with Gasteiger partial charge in [-0.25, -0.2) is 8.78 Å². The van der Waals surface area contributed by atoms with Gasteiger partial charge in [0.2, 0.25) is 0 Å². The average molecular weight is 171 g/mol. The lowest BCUT2D eigenvalue weighted by Crippen LogP contribution is -2.06. The standard InChI is InChI=1S/C7H7F2N3/c1-5-6(2-10)3-12(11-5)4-7(8)9/h3,7H,4H2,1H3. The van der Waals surface area contributed by atoms with Gasteiger partial charge in [0, 0.05) is 6.20 Å². The van der Waals surface area contributed by atoms with Crippen LogP contribution in [0.15, 0.2) is 6.20 Å². The summed E-state index contributed by atoms with van der Waals surface area (Å²) < 4.78 is 24.7. The molecule has 0 saturated heterocycles. The van der Waals surface area contributed by atoms with E-state index in [0.29, 0.717) is 11.3 Å². The lowest BCUT2D eigenvalue weighted by molar-refractivity contribution is 0.121. The highest BCUT2D eigenvalue weighted by molar-refractivity contribution is 5.29. The van der Waals surface area contributed by atoms with Gasteiger partial charge < -0.3 is 0 Å². The van der Waals surface area contributed by atoms with Gasteiger partial charge in [-0.05, 0) is 6.92 Å². The molecule has 0 amide bonds. The zero-order chi connectivity index (χ0) is 9.14. The van der Waals surface area contributed by atoms with Crippen LogP contribution in [0, 0.1) is 18.3 Å². The summed E-state index contributed by atoms with van der Waals surface area (Å²) in [7, 11) is 0. The van der Waals surface area contributed by atoms with Gasteiger partial charge in [0.25, 0.3) is 6.43 Å². The number of nitriles is 1. The fraction of sp³-hybridized carbons (Fsp3) is 0.429. The molecule has 0 radical (unpaired) electrons. The minimum Gasteiger partial charge on any atom is -0.265 e. The first-order valence-electron chi connectivity index (χ1n) is 3.35. The summed E-state index contributed by atoms with van der Waals surface area (Å²) in [4.78, 5) is 0. The lowest BCUT2D eigenvalue weighted by Gasteiger charge is -1.97. The summed E-state index contributed by atoms with van der Waals surface area (Å²) in [6.07, 6.45) is -1.11. The van der Waals surface area contributed by atoms with Gasteiger partial charge in [0.15, 0.2) is 0 Å². The Hall–Kier alpha value is -1.44. The number of hydrogen-bond donors (Lipinski definition) is 0. The average Bonchev–Trinajstić information content (AvgIpc) is 2.29. The number of alkyl halides is 2. The molecule has 0 aliphatic heterocycles. The van der Waals surface area contributed by atoms with Gasteiger partial charge >= 0.3 is 0 Å². The van der Waals surface area contributed by atoms with E-state index in [-0.39, 0.29) is 0 Å². The monoisotopic (exact) mass is 171 g/mol. The summed E-state index contributed by atoms with van der Waals surface area (Å²) in [5.74, 6) is 0. The number of aromatic nitrogens is 2. The molecule has 0 aliphatic carbocycles. The molecule has 0 aromatic carbocycles. The molecule has 0 atom stereocenters. The summed E-state index contributed by atoms with van der Waals surface area (Å²) in [5.41, 5.74) is 0.828. The lowest BCUT2D eigenvalue weighted by atomic mass is 10.3. The van der Waals surface area contributed by atoms with E-state index in [1.165, 1.54) is 6.20 Å². The van der Waals surface area contributed by atoms with Crippen LogP contribution in [0.4, 0.5) is 8.78 Å². The quantitative estimate of drug-likeness (QED) is 0.673. The van der Waals surface area contributed by atoms with Gasteiger partial charge in [-0.15, -0.1) is 0 Å². The van der Waals surface area contributed by atoms with Gasteiger partial charge in [0.05, 0.1) is 11.3 Å². The molecule has 1 aromatic rings. The predicted octanol–water partition coefficient (Wildman–Crippen LogP) is 1.33. The van der Waals surface area contributed by atoms with Crippen LogP contribution < -0.4 is 0 Å². The molecule has 1 aromatic heterocycles. The Bertz CT molecular complexity index is 311. The molecule has 0 unspecified atom stereocenters. The van der Waals surface area contributed by atoms with E-state index in [1.54, 1.807) is 6.92 Å². The van der Waals surface area contributed by atoms with Gasteiger partial charge in [-0.3, -0.25) is 4.68 Å². The van der Waals surface area contributed by atoms with Crippen molar-refractivity contribution in [2.45, 2.75) is 19.9 Å². The highest BCUT2D eigenvalue weighted by Crippen LogP contribution is 2.05. The van der Waals surface area contributed by atoms with Crippen LogP contribution in [0.1, 0.15) is 11.3 Å². The Labute approximate surface area is 68.2 Å². The van der Waals surface area contributed by atoms with Crippen molar-refractivity contribution < 1.29 is 8.78 Å². The molecule has 12 heavy (non-hydrogen) atoms. The van der Waals surface area contributed by atoms with Crippen LogP contribution >= 0.6 is 0 Å². The maximum atomic E-state index is 11.8. The molecule has 0 saturated carbocycles. The molecule has 0 spiro atoms. The third kappa shape index (κ3) is 1.78. The fourth-order valence-corrected chi connectivity index (χ4v) is 0.863. The number of halogens is 2. The maximum absolute atomic E-state index is 11.8. The van der Waals surface area contributed by atoms with Crippen molar-refractivity contribution in [2.75, 3.05) is 0 Å². The number of aryl methyl sites for hydroxylation is 1. The highest BCUT2D eigenvalue weighted by atomic mass is 19.3. The second-order valence-electron chi connectivity index (χ2n) is 2.35. The zero-order valence-electron chi connectivity index (χ0n) is 6.46. The summed E-state index contributed by atoms with van der Waals surface area (Å²) in [6.45, 7) is 1.16. The second kappa shape index (κ2) is 3.30. The van der Waals surface area contributed by atoms with Crippen molar-refractivity contribution in [2.24, 2.45) is 0 Å². The van der Waals surface area contributed by atoms with Crippen LogP contribution in [-0.4, -0.2) is 16.2 Å². The molecule has 64 valence electrons. The first-order chi connectivity index (χ1) is 5.63. The molecule has 3 nitrogen and oxygen atoms in total. The first-order valence-corrected chi connectivity index (χ1v) is 3.35. The van der Waals surface area contributed by atoms with Crippen molar-refractivity contribution in [3.63, 3.8) is 0 Å². The van der Waals surface area contributed by atoms with Crippen molar-refractivity contribution in [3.05, 3.63) is 17.5 Å². The third-order valence-corrected chi connectivity index (χ3v) is 1.39. The number of nitrogens with zero attached hydrogens (tertiary/aromatic N) is 3. The second-order valence-corrected chi connectivity index (χ2v) is 2.35. The van der Waals surface area contributed by atoms with E-state index in [2.05, 4.69) is 5.10 Å². The first kappa shape index (κ1) is 8.65. The van der Waals surface area contributed by atoms with Gasteiger partial charge in [-0.2, -0.15) is 10.4 Å². The van der Waals surface area contributed by atoms with E-state index < -0.39 is 13.0 Å². The SMILES string of the molecule is Cc1nn(CC(F)F)cc1C#N. The number of hydrogen-bond acceptors (Lipinski definition) is 2. The third-order valence-electron chi connectivity index (χ3n) is 1.39. The van der Waals surface area contributed by atoms with E-state index in [9.17, 15) is 8.78 Å². The van der Waals surface area contributed by atoms with Crippen molar-refractivity contribution in [1.82, 2.24) is 9.78 Å². The Morgan fingerprint density at radius 1 is 1.75 bits per heavy atom. The van der Waals surface area contributed by atoms with E-state index >= 15 is 0 Å². The van der Waals surface area contributed by atoms with Crippen LogP contribution in [0.3, 0.4) is 0 Å². The minimum atomic E-state index is -2.43. The zero-order valence-corrected chi connectivity index (χ0v) is 6.46. The van der Waals surface area contributed by atoms with E-state index in [0.717, 1.165) is 4.68 Å². The van der Waals surface area contributed by atoms with E-state index in [1.807, 2.05) is 6.07 Å². The molecule has 1 rings (SSSR count). The molecule has 5 heteroatoms. The molecule has 0 N–H and O–H groups in total. The molecule has 0 fully saturated rings. The Balaban J connectivity index is 2.84.